The van der Waals surface area contributed by atoms with Gasteiger partial charge in [-0.25, -0.2) is 0 Å². The van der Waals surface area contributed by atoms with E-state index in [1.165, 1.54) is 12.8 Å². The zero-order chi connectivity index (χ0) is 13.2. The van der Waals surface area contributed by atoms with E-state index in [1.807, 2.05) is 25.1 Å². The van der Waals surface area contributed by atoms with E-state index in [-0.39, 0.29) is 11.9 Å². The van der Waals surface area contributed by atoms with Gasteiger partial charge in [-0.3, -0.25) is 14.9 Å². The summed E-state index contributed by atoms with van der Waals surface area (Å²) < 4.78 is 0. The highest BCUT2D eigenvalue weighted by Crippen LogP contribution is 2.38. The molecule has 1 atom stereocenters. The van der Waals surface area contributed by atoms with Crippen LogP contribution in [0.4, 0.5) is 0 Å². The van der Waals surface area contributed by atoms with Gasteiger partial charge in [-0.1, -0.05) is 0 Å². The molecule has 0 radical (unpaired) electrons. The van der Waals surface area contributed by atoms with Gasteiger partial charge in [0.1, 0.15) is 5.69 Å². The molecule has 19 heavy (non-hydrogen) atoms. The molecule has 1 amide bonds. The fraction of sp³-hybridized carbons (Fsp3) is 0.357. The predicted octanol–water partition coefficient (Wildman–Crippen LogP) is 2.17. The van der Waals surface area contributed by atoms with E-state index >= 15 is 0 Å². The second-order valence-corrected chi connectivity index (χ2v) is 4.96. The average Bonchev–Trinajstić information content (AvgIpc) is 3.17. The maximum Gasteiger partial charge on any atom is 0.272 e. The van der Waals surface area contributed by atoms with Gasteiger partial charge >= 0.3 is 0 Å². The quantitative estimate of drug-likeness (QED) is 0.880. The van der Waals surface area contributed by atoms with Crippen molar-refractivity contribution in [1.29, 1.82) is 0 Å². The number of aromatic nitrogens is 3. The second-order valence-electron chi connectivity index (χ2n) is 4.96. The first-order valence-corrected chi connectivity index (χ1v) is 6.50. The van der Waals surface area contributed by atoms with Gasteiger partial charge in [-0.2, -0.15) is 5.10 Å². The molecule has 0 unspecified atom stereocenters. The van der Waals surface area contributed by atoms with Crippen molar-refractivity contribution in [3.8, 4) is 0 Å². The van der Waals surface area contributed by atoms with Gasteiger partial charge in [0, 0.05) is 24.0 Å². The van der Waals surface area contributed by atoms with Crippen LogP contribution in [0, 0.1) is 0 Å². The number of pyridine rings is 1. The van der Waals surface area contributed by atoms with Crippen molar-refractivity contribution >= 4 is 5.91 Å². The Kier molecular flexibility index (Phi) is 3.03. The van der Waals surface area contributed by atoms with Crippen LogP contribution in [0.25, 0.3) is 0 Å². The number of carbonyl (C=O) groups excluding carboxylic acids is 1. The molecule has 5 heteroatoms. The van der Waals surface area contributed by atoms with E-state index in [0.717, 1.165) is 11.3 Å². The summed E-state index contributed by atoms with van der Waals surface area (Å²) in [6.07, 6.45) is 5.82. The standard InChI is InChI=1S/C14H16N4O/c1-9(10-4-6-15-7-5-10)16-14(19)13-8-12(17-18-13)11-2-3-11/h4-9,11H,2-3H2,1H3,(H,16,19)(H,17,18)/t9-/m0/s1. The maximum absolute atomic E-state index is 12.1. The lowest BCUT2D eigenvalue weighted by atomic mass is 10.1. The van der Waals surface area contributed by atoms with Crippen LogP contribution in [-0.4, -0.2) is 21.1 Å². The molecule has 1 fully saturated rings. The number of hydrogen-bond acceptors (Lipinski definition) is 3. The summed E-state index contributed by atoms with van der Waals surface area (Å²) in [6.45, 7) is 1.95. The SMILES string of the molecule is C[C@H](NC(=O)c1cc(C2CC2)[nH]n1)c1ccncc1. The van der Waals surface area contributed by atoms with Crippen LogP contribution >= 0.6 is 0 Å². The van der Waals surface area contributed by atoms with Crippen LogP contribution in [0.5, 0.6) is 0 Å². The monoisotopic (exact) mass is 256 g/mol. The Morgan fingerprint density at radius 1 is 1.42 bits per heavy atom. The van der Waals surface area contributed by atoms with Crippen molar-refractivity contribution in [3.05, 3.63) is 47.5 Å². The molecule has 1 aliphatic carbocycles. The summed E-state index contributed by atoms with van der Waals surface area (Å²) in [4.78, 5) is 16.0. The first kappa shape index (κ1) is 11.9. The predicted molar refractivity (Wildman–Crippen MR) is 70.7 cm³/mol. The van der Waals surface area contributed by atoms with Crippen molar-refractivity contribution in [2.75, 3.05) is 0 Å². The average molecular weight is 256 g/mol. The van der Waals surface area contributed by atoms with Crippen LogP contribution in [0.3, 0.4) is 0 Å². The molecule has 2 aromatic heterocycles. The van der Waals surface area contributed by atoms with Gasteiger partial charge in [0.05, 0.1) is 6.04 Å². The molecule has 2 aromatic rings. The maximum atomic E-state index is 12.1. The molecule has 2 N–H and O–H groups in total. The number of carbonyl (C=O) groups is 1. The van der Waals surface area contributed by atoms with Crippen LogP contribution < -0.4 is 5.32 Å². The summed E-state index contributed by atoms with van der Waals surface area (Å²) in [7, 11) is 0. The van der Waals surface area contributed by atoms with Gasteiger partial charge in [-0.15, -0.1) is 0 Å². The molecule has 98 valence electrons. The van der Waals surface area contributed by atoms with E-state index in [1.54, 1.807) is 12.4 Å². The highest BCUT2D eigenvalue weighted by Gasteiger charge is 2.26. The molecule has 3 rings (SSSR count). The number of aromatic amines is 1. The third-order valence-electron chi connectivity index (χ3n) is 3.40. The molecule has 0 aliphatic heterocycles. The minimum Gasteiger partial charge on any atom is -0.344 e. The molecule has 0 spiro atoms. The highest BCUT2D eigenvalue weighted by atomic mass is 16.2. The smallest absolute Gasteiger partial charge is 0.272 e. The number of H-pyrrole nitrogens is 1. The number of amides is 1. The fourth-order valence-corrected chi connectivity index (χ4v) is 2.06. The lowest BCUT2D eigenvalue weighted by molar-refractivity contribution is 0.0935. The lowest BCUT2D eigenvalue weighted by Crippen LogP contribution is -2.26. The Hall–Kier alpha value is -2.17. The molecule has 0 bridgehead atoms. The van der Waals surface area contributed by atoms with E-state index in [0.29, 0.717) is 11.6 Å². The molecule has 0 saturated heterocycles. The molecule has 1 aliphatic rings. The largest absolute Gasteiger partial charge is 0.344 e. The summed E-state index contributed by atoms with van der Waals surface area (Å²) in [5.41, 5.74) is 2.56. The number of hydrogen-bond donors (Lipinski definition) is 2. The molecule has 1 saturated carbocycles. The van der Waals surface area contributed by atoms with Crippen molar-refractivity contribution in [1.82, 2.24) is 20.5 Å². The van der Waals surface area contributed by atoms with Gasteiger partial charge in [0.15, 0.2) is 0 Å². The normalized spacial score (nSPS) is 16.1. The van der Waals surface area contributed by atoms with Crippen molar-refractivity contribution < 1.29 is 4.79 Å². The van der Waals surface area contributed by atoms with Crippen molar-refractivity contribution in [3.63, 3.8) is 0 Å². The lowest BCUT2D eigenvalue weighted by Gasteiger charge is -2.12. The van der Waals surface area contributed by atoms with Gasteiger partial charge < -0.3 is 5.32 Å². The summed E-state index contributed by atoms with van der Waals surface area (Å²) in [6, 6.07) is 5.58. The number of rotatable bonds is 4. The van der Waals surface area contributed by atoms with Gasteiger partial charge in [-0.05, 0) is 43.5 Å². The Morgan fingerprint density at radius 2 is 2.16 bits per heavy atom. The summed E-state index contributed by atoms with van der Waals surface area (Å²) in [5.74, 6) is 0.430. The summed E-state index contributed by atoms with van der Waals surface area (Å²) in [5, 5.41) is 9.95. The third-order valence-corrected chi connectivity index (χ3v) is 3.40. The van der Waals surface area contributed by atoms with Crippen molar-refractivity contribution in [2.24, 2.45) is 0 Å². The zero-order valence-electron chi connectivity index (χ0n) is 10.8. The number of nitrogens with one attached hydrogen (secondary N) is 2. The first-order chi connectivity index (χ1) is 9.24. The Morgan fingerprint density at radius 3 is 2.84 bits per heavy atom. The van der Waals surface area contributed by atoms with Gasteiger partial charge in [0.25, 0.3) is 5.91 Å². The summed E-state index contributed by atoms with van der Waals surface area (Å²) >= 11 is 0. The minimum atomic E-state index is -0.146. The Balaban J connectivity index is 1.66. The Bertz CT molecular complexity index is 574. The molecular formula is C14H16N4O. The number of nitrogens with zero attached hydrogens (tertiary/aromatic N) is 2. The van der Waals surface area contributed by atoms with E-state index in [4.69, 9.17) is 0 Å². The van der Waals surface area contributed by atoms with Crippen LogP contribution in [0.15, 0.2) is 30.6 Å². The molecule has 5 nitrogen and oxygen atoms in total. The van der Waals surface area contributed by atoms with Crippen LogP contribution in [0.2, 0.25) is 0 Å². The first-order valence-electron chi connectivity index (χ1n) is 6.50. The van der Waals surface area contributed by atoms with E-state index in [2.05, 4.69) is 20.5 Å². The highest BCUT2D eigenvalue weighted by molar-refractivity contribution is 5.92. The molecule has 2 heterocycles. The van der Waals surface area contributed by atoms with Crippen LogP contribution in [0.1, 0.15) is 53.5 Å². The molecule has 0 aromatic carbocycles. The second kappa shape index (κ2) is 4.84. The fourth-order valence-electron chi connectivity index (χ4n) is 2.06. The zero-order valence-corrected chi connectivity index (χ0v) is 10.8. The minimum absolute atomic E-state index is 0.0587. The van der Waals surface area contributed by atoms with Gasteiger partial charge in [0.2, 0.25) is 0 Å². The van der Waals surface area contributed by atoms with E-state index < -0.39 is 0 Å². The van der Waals surface area contributed by atoms with Crippen molar-refractivity contribution in [2.45, 2.75) is 31.7 Å². The van der Waals surface area contributed by atoms with E-state index in [9.17, 15) is 4.79 Å². The molecular weight excluding hydrogens is 240 g/mol. The van der Waals surface area contributed by atoms with Crippen LogP contribution in [-0.2, 0) is 0 Å². The third kappa shape index (κ3) is 2.65. The topological polar surface area (TPSA) is 70.7 Å². The Labute approximate surface area is 111 Å².